The second-order valence-corrected chi connectivity index (χ2v) is 10.5. The predicted octanol–water partition coefficient (Wildman–Crippen LogP) is 2.91. The highest BCUT2D eigenvalue weighted by atomic mass is 32.2. The number of hydrogen-bond donors (Lipinski definition) is 0. The predicted molar refractivity (Wildman–Crippen MR) is 105 cm³/mol. The molecule has 2 aliphatic heterocycles. The highest BCUT2D eigenvalue weighted by Gasteiger charge is 2.47. The molecule has 3 heterocycles. The Morgan fingerprint density at radius 2 is 2.07 bits per heavy atom. The van der Waals surface area contributed by atoms with E-state index in [9.17, 15) is 8.42 Å². The van der Waals surface area contributed by atoms with E-state index in [2.05, 4.69) is 4.98 Å². The molecule has 1 spiro atoms. The van der Waals surface area contributed by atoms with Crippen molar-refractivity contribution in [2.75, 3.05) is 26.3 Å². The molecule has 1 atom stereocenters. The largest absolute Gasteiger partial charge is 0.375 e. The Balaban J connectivity index is 1.49. The number of sulfonamides is 1. The first-order valence-corrected chi connectivity index (χ1v) is 11.5. The number of nitrogens with zero attached hydrogens (tertiary/aromatic N) is 2. The van der Waals surface area contributed by atoms with E-state index in [1.54, 1.807) is 18.2 Å². The van der Waals surface area contributed by atoms with Crippen molar-refractivity contribution in [2.24, 2.45) is 5.92 Å². The summed E-state index contributed by atoms with van der Waals surface area (Å²) in [5, 5.41) is -0.365. The van der Waals surface area contributed by atoms with Gasteiger partial charge in [-0.25, -0.2) is 12.7 Å². The molecule has 2 fully saturated rings. The monoisotopic (exact) mass is 396 g/mol. The fourth-order valence-corrected chi connectivity index (χ4v) is 5.53. The summed E-state index contributed by atoms with van der Waals surface area (Å²) in [7, 11) is -3.17. The van der Waals surface area contributed by atoms with Crippen molar-refractivity contribution in [2.45, 2.75) is 63.9 Å². The summed E-state index contributed by atoms with van der Waals surface area (Å²) in [6.45, 7) is 8.57. The van der Waals surface area contributed by atoms with Gasteiger partial charge in [-0.2, -0.15) is 0 Å². The van der Waals surface area contributed by atoms with Gasteiger partial charge in [0.1, 0.15) is 0 Å². The number of hydrogen-bond acceptors (Lipinski definition) is 5. The van der Waals surface area contributed by atoms with Crippen LogP contribution in [0, 0.1) is 12.8 Å². The molecule has 152 valence electrons. The maximum atomic E-state index is 12.4. The summed E-state index contributed by atoms with van der Waals surface area (Å²) in [6, 6.07) is 5.97. The average Bonchev–Trinajstić information content (AvgIpc) is 3.01. The maximum Gasteiger partial charge on any atom is 0.216 e. The zero-order valence-corrected chi connectivity index (χ0v) is 17.5. The molecule has 0 saturated carbocycles. The second kappa shape index (κ2) is 8.55. The third-order valence-corrected chi connectivity index (χ3v) is 8.21. The van der Waals surface area contributed by atoms with Crippen molar-refractivity contribution in [1.29, 1.82) is 0 Å². The lowest BCUT2D eigenvalue weighted by atomic mass is 9.78. The minimum absolute atomic E-state index is 0.173. The molecule has 27 heavy (non-hydrogen) atoms. The van der Waals surface area contributed by atoms with Crippen LogP contribution < -0.4 is 0 Å². The quantitative estimate of drug-likeness (QED) is 0.663. The van der Waals surface area contributed by atoms with E-state index in [-0.39, 0.29) is 10.9 Å². The first-order valence-electron chi connectivity index (χ1n) is 9.97. The molecule has 0 unspecified atom stereocenters. The van der Waals surface area contributed by atoms with Gasteiger partial charge in [-0.3, -0.25) is 4.98 Å². The Kier molecular flexibility index (Phi) is 6.56. The van der Waals surface area contributed by atoms with E-state index in [1.807, 2.05) is 25.1 Å². The third-order valence-electron chi connectivity index (χ3n) is 5.93. The molecule has 0 aromatic carbocycles. The van der Waals surface area contributed by atoms with E-state index in [1.165, 1.54) is 0 Å². The van der Waals surface area contributed by atoms with Gasteiger partial charge in [0.2, 0.25) is 10.0 Å². The number of aryl methyl sites for hydroxylation is 1. The Morgan fingerprint density at radius 1 is 1.33 bits per heavy atom. The van der Waals surface area contributed by atoms with Gasteiger partial charge in [0.25, 0.3) is 0 Å². The van der Waals surface area contributed by atoms with E-state index < -0.39 is 10.0 Å². The lowest BCUT2D eigenvalue weighted by Crippen LogP contribution is -2.50. The smallest absolute Gasteiger partial charge is 0.216 e. The number of rotatable bonds is 7. The van der Waals surface area contributed by atoms with Gasteiger partial charge in [-0.15, -0.1) is 0 Å². The lowest BCUT2D eigenvalue weighted by molar-refractivity contribution is -0.0619. The van der Waals surface area contributed by atoms with Crippen molar-refractivity contribution in [3.63, 3.8) is 0 Å². The number of aromatic nitrogens is 1. The molecular formula is C20H32N2O4S. The van der Waals surface area contributed by atoms with Crippen LogP contribution in [0.15, 0.2) is 18.2 Å². The number of pyridine rings is 1. The molecule has 1 aromatic heterocycles. The van der Waals surface area contributed by atoms with Crippen LogP contribution in [0.4, 0.5) is 0 Å². The van der Waals surface area contributed by atoms with Crippen LogP contribution in [0.5, 0.6) is 0 Å². The van der Waals surface area contributed by atoms with Crippen LogP contribution in [0.25, 0.3) is 0 Å². The SMILES string of the molecule is Cc1cccc(COCC[C@@H]2CCOC23CCN(S(=O)(=O)C(C)C)CC3)n1. The zero-order valence-electron chi connectivity index (χ0n) is 16.7. The molecule has 6 nitrogen and oxygen atoms in total. The van der Waals surface area contributed by atoms with Crippen LogP contribution in [0.2, 0.25) is 0 Å². The van der Waals surface area contributed by atoms with Crippen LogP contribution in [-0.2, 0) is 26.1 Å². The molecule has 2 saturated heterocycles. The molecule has 0 amide bonds. The summed E-state index contributed by atoms with van der Waals surface area (Å²) in [5.41, 5.74) is 1.79. The molecule has 0 radical (unpaired) electrons. The molecule has 0 bridgehead atoms. The highest BCUT2D eigenvalue weighted by molar-refractivity contribution is 7.89. The van der Waals surface area contributed by atoms with Crippen molar-refractivity contribution in [3.05, 3.63) is 29.6 Å². The van der Waals surface area contributed by atoms with Crippen LogP contribution >= 0.6 is 0 Å². The Morgan fingerprint density at radius 3 is 2.74 bits per heavy atom. The number of piperidine rings is 1. The molecule has 7 heteroatoms. The van der Waals surface area contributed by atoms with Gasteiger partial charge >= 0.3 is 0 Å². The first kappa shape index (κ1) is 20.7. The Bertz CT molecular complexity index is 727. The number of ether oxygens (including phenoxy) is 2. The Labute approximate surface area is 163 Å². The summed E-state index contributed by atoms with van der Waals surface area (Å²) in [6.07, 6.45) is 3.54. The minimum atomic E-state index is -3.17. The zero-order chi connectivity index (χ0) is 19.5. The fraction of sp³-hybridized carbons (Fsp3) is 0.750. The van der Waals surface area contributed by atoms with E-state index in [0.717, 1.165) is 43.7 Å². The van der Waals surface area contributed by atoms with Gasteiger partial charge in [0.15, 0.2) is 0 Å². The van der Waals surface area contributed by atoms with Gasteiger partial charge in [0.05, 0.1) is 23.2 Å². The maximum absolute atomic E-state index is 12.4. The lowest BCUT2D eigenvalue weighted by Gasteiger charge is -2.42. The van der Waals surface area contributed by atoms with Crippen molar-refractivity contribution >= 4 is 10.0 Å². The first-order chi connectivity index (χ1) is 12.8. The van der Waals surface area contributed by atoms with Crippen molar-refractivity contribution in [1.82, 2.24) is 9.29 Å². The molecule has 0 N–H and O–H groups in total. The van der Waals surface area contributed by atoms with Gasteiger partial charge in [-0.05, 0) is 64.5 Å². The highest BCUT2D eigenvalue weighted by Crippen LogP contribution is 2.43. The Hall–Kier alpha value is -1.02. The normalized spacial score (nSPS) is 23.3. The minimum Gasteiger partial charge on any atom is -0.375 e. The second-order valence-electron chi connectivity index (χ2n) is 8.00. The molecule has 3 rings (SSSR count). The topological polar surface area (TPSA) is 68.7 Å². The van der Waals surface area contributed by atoms with Gasteiger partial charge < -0.3 is 9.47 Å². The molecular weight excluding hydrogens is 364 g/mol. The van der Waals surface area contributed by atoms with Crippen LogP contribution in [0.1, 0.15) is 50.9 Å². The summed E-state index contributed by atoms with van der Waals surface area (Å²) < 4.78 is 38.4. The molecule has 1 aromatic rings. The van der Waals surface area contributed by atoms with Crippen LogP contribution in [-0.4, -0.2) is 54.9 Å². The third kappa shape index (κ3) is 4.70. The van der Waals surface area contributed by atoms with Gasteiger partial charge in [0, 0.05) is 32.0 Å². The summed E-state index contributed by atoms with van der Waals surface area (Å²) in [5.74, 6) is 0.437. The van der Waals surface area contributed by atoms with E-state index in [4.69, 9.17) is 9.47 Å². The average molecular weight is 397 g/mol. The van der Waals surface area contributed by atoms with Crippen molar-refractivity contribution < 1.29 is 17.9 Å². The van der Waals surface area contributed by atoms with E-state index in [0.29, 0.717) is 32.2 Å². The standard InChI is InChI=1S/C20H32N2O4S/c1-16(2)27(23,24)22-11-9-20(10-12-22)18(8-14-26-20)7-13-25-15-19-6-4-5-17(3)21-19/h4-6,16,18H,7-15H2,1-3H3/t18-/m1/s1. The van der Waals surface area contributed by atoms with Crippen LogP contribution in [0.3, 0.4) is 0 Å². The molecule has 2 aliphatic rings. The van der Waals surface area contributed by atoms with E-state index >= 15 is 0 Å². The summed E-state index contributed by atoms with van der Waals surface area (Å²) >= 11 is 0. The molecule has 0 aliphatic carbocycles. The van der Waals surface area contributed by atoms with Crippen molar-refractivity contribution in [3.8, 4) is 0 Å². The fourth-order valence-electron chi connectivity index (χ4n) is 4.24. The van der Waals surface area contributed by atoms with Gasteiger partial charge in [-0.1, -0.05) is 6.07 Å². The summed E-state index contributed by atoms with van der Waals surface area (Å²) in [4.78, 5) is 4.46.